The van der Waals surface area contributed by atoms with Gasteiger partial charge in [0.1, 0.15) is 25.4 Å². The van der Waals surface area contributed by atoms with Crippen LogP contribution >= 0.6 is 15.6 Å². The minimum absolute atomic E-state index is 0.0809. The molecule has 0 heterocycles. The molecule has 0 aromatic carbocycles. The highest BCUT2D eigenvalue weighted by molar-refractivity contribution is 7.47. The summed E-state index contributed by atoms with van der Waals surface area (Å²) in [5.41, 5.74) is 0. The molecule has 4 N–H and O–H groups in total. The second-order valence-electron chi connectivity index (χ2n) is 26.1. The number of esters is 3. The van der Waals surface area contributed by atoms with Gasteiger partial charge in [0.05, 0.1) is 26.4 Å². The topological polar surface area (TPSA) is 231 Å². The van der Waals surface area contributed by atoms with Crippen LogP contribution in [0.25, 0.3) is 0 Å². The van der Waals surface area contributed by atoms with Crippen LogP contribution in [0.1, 0.15) is 316 Å². The maximum absolute atomic E-state index is 13.0. The predicted octanol–water partition coefficient (Wildman–Crippen LogP) is 23.1. The molecule has 0 rings (SSSR count). The fourth-order valence-corrected chi connectivity index (χ4v) is 11.9. The number of aliphatic hydroxyl groups excluding tert-OH is 2. The van der Waals surface area contributed by atoms with Crippen LogP contribution in [0.5, 0.6) is 0 Å². The highest BCUT2D eigenvalue weighted by Crippen LogP contribution is 2.45. The molecule has 580 valence electrons. The van der Waals surface area contributed by atoms with Crippen LogP contribution in [0, 0.1) is 0 Å². The lowest BCUT2D eigenvalue weighted by molar-refractivity contribution is -0.161. The second kappa shape index (κ2) is 75.4. The second-order valence-corrected chi connectivity index (χ2v) is 29.0. The highest BCUT2D eigenvalue weighted by atomic mass is 31.2. The van der Waals surface area contributed by atoms with Gasteiger partial charge in [-0.15, -0.1) is 0 Å². The Bertz CT molecular complexity index is 2370. The van der Waals surface area contributed by atoms with Crippen LogP contribution in [0.3, 0.4) is 0 Å². The van der Waals surface area contributed by atoms with Crippen LogP contribution in [0.2, 0.25) is 0 Å². The average Bonchev–Trinajstić information content (AvgIpc) is 1.09. The zero-order valence-electron chi connectivity index (χ0n) is 63.3. The van der Waals surface area contributed by atoms with E-state index in [1.165, 1.54) is 103 Å². The van der Waals surface area contributed by atoms with Gasteiger partial charge < -0.3 is 34.2 Å². The van der Waals surface area contributed by atoms with E-state index in [4.69, 9.17) is 32.3 Å². The third-order valence-corrected chi connectivity index (χ3v) is 18.2. The number of aliphatic hydroxyl groups is 2. The van der Waals surface area contributed by atoms with Crippen molar-refractivity contribution in [2.75, 3.05) is 39.6 Å². The summed E-state index contributed by atoms with van der Waals surface area (Å²) in [7, 11) is -9.80. The molecule has 18 heteroatoms. The Kier molecular flexibility index (Phi) is 72.2. The molecule has 0 aliphatic carbocycles. The molecular weight excluding hydrogens is 1310 g/mol. The highest BCUT2D eigenvalue weighted by Gasteiger charge is 2.29. The van der Waals surface area contributed by atoms with Crippen molar-refractivity contribution in [3.05, 3.63) is 134 Å². The molecule has 0 saturated heterocycles. The van der Waals surface area contributed by atoms with E-state index in [2.05, 4.69) is 154 Å². The number of allylic oxidation sites excluding steroid dienone is 22. The summed E-state index contributed by atoms with van der Waals surface area (Å²) in [5, 5.41) is 20.6. The van der Waals surface area contributed by atoms with Crippen molar-refractivity contribution >= 4 is 33.6 Å². The molecule has 0 aromatic heterocycles. The van der Waals surface area contributed by atoms with Gasteiger partial charge in [0.15, 0.2) is 6.10 Å². The predicted molar refractivity (Wildman–Crippen MR) is 417 cm³/mol. The molecular formula is C83H142O16P2. The molecule has 0 aliphatic rings. The summed E-state index contributed by atoms with van der Waals surface area (Å²) >= 11 is 0. The lowest BCUT2D eigenvalue weighted by Crippen LogP contribution is -2.30. The maximum Gasteiger partial charge on any atom is 0.472 e. The third kappa shape index (κ3) is 76.6. The van der Waals surface area contributed by atoms with Crippen molar-refractivity contribution in [3.63, 3.8) is 0 Å². The number of ether oxygens (including phenoxy) is 3. The molecule has 0 aliphatic heterocycles. The van der Waals surface area contributed by atoms with E-state index in [1.54, 1.807) is 0 Å². The van der Waals surface area contributed by atoms with Gasteiger partial charge in [0.25, 0.3) is 0 Å². The molecule has 0 radical (unpaired) electrons. The number of hydrogen-bond donors (Lipinski definition) is 4. The largest absolute Gasteiger partial charge is 0.472 e. The van der Waals surface area contributed by atoms with Crippen LogP contribution in [-0.4, -0.2) is 95.9 Å². The number of rotatable bonds is 74. The van der Waals surface area contributed by atoms with Crippen LogP contribution in [0.4, 0.5) is 0 Å². The lowest BCUT2D eigenvalue weighted by atomic mass is 10.0. The van der Waals surface area contributed by atoms with Gasteiger partial charge in [-0.3, -0.25) is 32.5 Å². The van der Waals surface area contributed by atoms with Gasteiger partial charge in [-0.1, -0.05) is 289 Å². The lowest BCUT2D eigenvalue weighted by Gasteiger charge is -2.21. The SMILES string of the molecule is CC/C=C\C/C=C\C/C=C\C/C=C\C/C=C\CCCCCCCC(=O)OCC(COP(=O)(O)OCC(O)COP(=O)(O)OCC(O)COC(=O)CCCCCCCCCCCCCCC/C=C\C/C=C\C/C=C\C/C=C\CCCCC)OC(=O)CCCCCCC/C=C\C/C=C\CCCCC. The van der Waals surface area contributed by atoms with E-state index in [1.807, 2.05) is 0 Å². The first-order valence-electron chi connectivity index (χ1n) is 39.5. The van der Waals surface area contributed by atoms with Crippen LogP contribution < -0.4 is 0 Å². The first-order valence-corrected chi connectivity index (χ1v) is 42.5. The zero-order valence-corrected chi connectivity index (χ0v) is 65.1. The third-order valence-electron chi connectivity index (χ3n) is 16.3. The molecule has 101 heavy (non-hydrogen) atoms. The molecule has 0 saturated carbocycles. The fraction of sp³-hybridized carbons (Fsp3) is 0.699. The minimum atomic E-state index is -4.94. The van der Waals surface area contributed by atoms with Crippen molar-refractivity contribution in [2.24, 2.45) is 0 Å². The van der Waals surface area contributed by atoms with Crippen molar-refractivity contribution in [2.45, 2.75) is 334 Å². The van der Waals surface area contributed by atoms with E-state index in [0.717, 1.165) is 154 Å². The number of unbranched alkanes of at least 4 members (excludes halogenated alkanes) is 29. The average molecular weight is 1460 g/mol. The van der Waals surface area contributed by atoms with Crippen LogP contribution in [0.15, 0.2) is 134 Å². The Morgan fingerprint density at radius 2 is 0.525 bits per heavy atom. The van der Waals surface area contributed by atoms with Gasteiger partial charge >= 0.3 is 33.6 Å². The standard InChI is InChI=1S/C83H142O16P2/c1-4-7-10-13-16-19-22-25-28-30-32-34-35-36-37-38-39-40-41-43-45-46-49-51-54-57-60-63-66-69-81(86)93-72-78(84)73-95-100(89,90)96-74-79(85)75-97-101(91,92)98-77-80(99-83(88)71-68-65-62-59-56-53-48-27-24-21-18-15-12-9-6-3)76-94-82(87)70-67-64-61-58-55-52-50-47-44-42-33-31-29-26-23-20-17-14-11-8-5-2/h8,11,16-21,25-29,32-34,36-37,42,47-48,50,78-80,84-85H,4-7,9-10,12-15,22-24,30-31,35,38-41,43-46,49,51-77H2,1-3H3,(H,89,90)(H,91,92)/b11-8-,19-16-,20-17-,21-18-,28-25-,29-26-,34-32-,37-36-,42-33-,48-27-,50-47-. The van der Waals surface area contributed by atoms with Crippen LogP contribution in [-0.2, 0) is 55.8 Å². The number of carbonyl (C=O) groups is 3. The Morgan fingerprint density at radius 1 is 0.287 bits per heavy atom. The first kappa shape index (κ1) is 96.7. The van der Waals surface area contributed by atoms with Crippen molar-refractivity contribution < 1.29 is 75.8 Å². The Labute approximate surface area is 614 Å². The van der Waals surface area contributed by atoms with E-state index >= 15 is 0 Å². The molecule has 5 unspecified atom stereocenters. The summed E-state index contributed by atoms with van der Waals surface area (Å²) in [6.07, 6.45) is 90.7. The summed E-state index contributed by atoms with van der Waals surface area (Å²) in [6, 6.07) is 0. The van der Waals surface area contributed by atoms with Crippen molar-refractivity contribution in [1.82, 2.24) is 0 Å². The number of carbonyl (C=O) groups excluding carboxylic acids is 3. The first-order chi connectivity index (χ1) is 49.2. The number of phosphoric acid groups is 2. The summed E-state index contributed by atoms with van der Waals surface area (Å²) < 4.78 is 61.1. The van der Waals surface area contributed by atoms with E-state index in [9.17, 15) is 43.5 Å². The van der Waals surface area contributed by atoms with Crippen molar-refractivity contribution in [3.8, 4) is 0 Å². The molecule has 16 nitrogen and oxygen atoms in total. The van der Waals surface area contributed by atoms with Gasteiger partial charge in [0, 0.05) is 19.3 Å². The molecule has 0 fully saturated rings. The van der Waals surface area contributed by atoms with Crippen molar-refractivity contribution in [1.29, 1.82) is 0 Å². The van der Waals surface area contributed by atoms with Gasteiger partial charge in [0.2, 0.25) is 0 Å². The summed E-state index contributed by atoms with van der Waals surface area (Å²) in [5.74, 6) is -1.61. The smallest absolute Gasteiger partial charge is 0.463 e. The molecule has 0 aromatic rings. The zero-order chi connectivity index (χ0) is 73.7. The molecule has 0 amide bonds. The van der Waals surface area contributed by atoms with E-state index in [0.29, 0.717) is 19.3 Å². The molecule has 0 spiro atoms. The minimum Gasteiger partial charge on any atom is -0.463 e. The Morgan fingerprint density at radius 3 is 0.832 bits per heavy atom. The summed E-state index contributed by atoms with van der Waals surface area (Å²) in [4.78, 5) is 58.6. The number of phosphoric ester groups is 2. The fourth-order valence-electron chi connectivity index (χ4n) is 10.3. The quantitative estimate of drug-likeness (QED) is 0.0146. The normalized spacial score (nSPS) is 14.7. The number of hydrogen-bond acceptors (Lipinski definition) is 14. The summed E-state index contributed by atoms with van der Waals surface area (Å²) in [6.45, 7) is 2.48. The maximum atomic E-state index is 13.0. The van der Waals surface area contributed by atoms with E-state index < -0.39 is 91.5 Å². The van der Waals surface area contributed by atoms with Gasteiger partial charge in [-0.2, -0.15) is 0 Å². The Balaban J connectivity index is 4.55. The van der Waals surface area contributed by atoms with E-state index in [-0.39, 0.29) is 19.3 Å². The molecule has 0 bridgehead atoms. The van der Waals surface area contributed by atoms with Gasteiger partial charge in [-0.25, -0.2) is 9.13 Å². The molecule has 5 atom stereocenters. The Hall–Kier alpha value is -4.31. The van der Waals surface area contributed by atoms with Gasteiger partial charge in [-0.05, 0) is 141 Å². The monoisotopic (exact) mass is 1460 g/mol.